The van der Waals surface area contributed by atoms with Gasteiger partial charge < -0.3 is 10.2 Å². The summed E-state index contributed by atoms with van der Waals surface area (Å²) in [5, 5.41) is 3.75. The third kappa shape index (κ3) is 3.32. The van der Waals surface area contributed by atoms with E-state index < -0.39 is 0 Å². The molecule has 0 radical (unpaired) electrons. The Labute approximate surface area is 118 Å². The van der Waals surface area contributed by atoms with Gasteiger partial charge in [-0.1, -0.05) is 6.92 Å². The van der Waals surface area contributed by atoms with Gasteiger partial charge in [-0.3, -0.25) is 4.90 Å². The molecule has 3 fully saturated rings. The minimum Gasteiger partial charge on any atom is -0.314 e. The number of hydrogen-bond acceptors (Lipinski definition) is 3. The van der Waals surface area contributed by atoms with Crippen LogP contribution in [0.25, 0.3) is 0 Å². The fraction of sp³-hybridized carbons (Fsp3) is 1.00. The third-order valence-corrected chi connectivity index (χ3v) is 5.44. The summed E-state index contributed by atoms with van der Waals surface area (Å²) in [7, 11) is 0. The van der Waals surface area contributed by atoms with E-state index in [2.05, 4.69) is 22.0 Å². The quantitative estimate of drug-likeness (QED) is 0.793. The zero-order valence-corrected chi connectivity index (χ0v) is 12.6. The molecule has 0 aliphatic carbocycles. The van der Waals surface area contributed by atoms with Crippen LogP contribution in [0.2, 0.25) is 0 Å². The zero-order chi connectivity index (χ0) is 13.1. The molecule has 0 aromatic rings. The van der Waals surface area contributed by atoms with Crippen LogP contribution < -0.4 is 5.32 Å². The monoisotopic (exact) mass is 265 g/mol. The van der Waals surface area contributed by atoms with Crippen molar-refractivity contribution in [1.82, 2.24) is 15.1 Å². The number of likely N-dealkylation sites (tertiary alicyclic amines) is 1. The molecule has 3 aliphatic rings. The van der Waals surface area contributed by atoms with Crippen molar-refractivity contribution in [2.75, 3.05) is 32.7 Å². The van der Waals surface area contributed by atoms with E-state index in [1.165, 1.54) is 77.7 Å². The summed E-state index contributed by atoms with van der Waals surface area (Å²) in [5.41, 5.74) is 0. The first-order valence-corrected chi connectivity index (χ1v) is 8.58. The minimum absolute atomic E-state index is 0.806. The average molecular weight is 265 g/mol. The van der Waals surface area contributed by atoms with Gasteiger partial charge in [0, 0.05) is 31.2 Å². The number of rotatable bonds is 6. The number of fused-ring (bicyclic) bond motifs is 2. The Balaban J connectivity index is 1.46. The molecule has 3 nitrogen and oxygen atoms in total. The highest BCUT2D eigenvalue weighted by Gasteiger charge is 2.40. The summed E-state index contributed by atoms with van der Waals surface area (Å²) >= 11 is 0. The van der Waals surface area contributed by atoms with E-state index in [4.69, 9.17) is 0 Å². The number of hydrogen-bond donors (Lipinski definition) is 1. The first kappa shape index (κ1) is 13.8. The molecular formula is C16H31N3. The van der Waals surface area contributed by atoms with E-state index in [9.17, 15) is 0 Å². The molecular weight excluding hydrogens is 234 g/mol. The van der Waals surface area contributed by atoms with E-state index in [-0.39, 0.29) is 0 Å². The van der Waals surface area contributed by atoms with Crippen LogP contribution in [0.5, 0.6) is 0 Å². The molecule has 0 aromatic heterocycles. The van der Waals surface area contributed by atoms with Crippen LogP contribution in [0.3, 0.4) is 0 Å². The maximum atomic E-state index is 3.75. The Morgan fingerprint density at radius 1 is 1.00 bits per heavy atom. The summed E-state index contributed by atoms with van der Waals surface area (Å²) in [6, 6.07) is 2.58. The van der Waals surface area contributed by atoms with E-state index in [0.717, 1.165) is 18.1 Å². The van der Waals surface area contributed by atoms with Gasteiger partial charge in [-0.15, -0.1) is 0 Å². The van der Waals surface area contributed by atoms with Gasteiger partial charge in [0.2, 0.25) is 0 Å². The smallest absolute Gasteiger partial charge is 0.0115 e. The van der Waals surface area contributed by atoms with Crippen LogP contribution in [0.15, 0.2) is 0 Å². The Kier molecular flexibility index (Phi) is 4.78. The van der Waals surface area contributed by atoms with Gasteiger partial charge in [0.1, 0.15) is 0 Å². The SMILES string of the molecule is CCCNC1CC2CCC(C1)N2CCN1CCCC1. The highest BCUT2D eigenvalue weighted by molar-refractivity contribution is 4.97. The summed E-state index contributed by atoms with van der Waals surface area (Å²) < 4.78 is 0. The van der Waals surface area contributed by atoms with Gasteiger partial charge in [-0.2, -0.15) is 0 Å². The number of nitrogens with one attached hydrogen (secondary N) is 1. The minimum atomic E-state index is 0.806. The maximum Gasteiger partial charge on any atom is 0.0115 e. The van der Waals surface area contributed by atoms with Gasteiger partial charge in [0.05, 0.1) is 0 Å². The molecule has 2 bridgehead atoms. The van der Waals surface area contributed by atoms with Gasteiger partial charge in [0.15, 0.2) is 0 Å². The fourth-order valence-electron chi connectivity index (χ4n) is 4.42. The maximum absolute atomic E-state index is 3.75. The zero-order valence-electron chi connectivity index (χ0n) is 12.6. The first-order valence-electron chi connectivity index (χ1n) is 8.58. The molecule has 3 saturated heterocycles. The summed E-state index contributed by atoms with van der Waals surface area (Å²) in [4.78, 5) is 5.52. The molecule has 3 aliphatic heterocycles. The fourth-order valence-corrected chi connectivity index (χ4v) is 4.42. The number of nitrogens with zero attached hydrogens (tertiary/aromatic N) is 2. The second-order valence-corrected chi connectivity index (χ2v) is 6.79. The highest BCUT2D eigenvalue weighted by atomic mass is 15.3. The second kappa shape index (κ2) is 6.55. The van der Waals surface area contributed by atoms with Crippen LogP contribution in [0, 0.1) is 0 Å². The van der Waals surface area contributed by atoms with Gasteiger partial charge in [0.25, 0.3) is 0 Å². The topological polar surface area (TPSA) is 18.5 Å². The summed E-state index contributed by atoms with van der Waals surface area (Å²) in [6.45, 7) is 8.83. The lowest BCUT2D eigenvalue weighted by Crippen LogP contribution is -2.51. The molecule has 2 atom stereocenters. The summed E-state index contributed by atoms with van der Waals surface area (Å²) in [5.74, 6) is 0. The Morgan fingerprint density at radius 3 is 2.32 bits per heavy atom. The molecule has 3 heterocycles. The lowest BCUT2D eigenvalue weighted by Gasteiger charge is -2.40. The van der Waals surface area contributed by atoms with Crippen LogP contribution in [0.4, 0.5) is 0 Å². The largest absolute Gasteiger partial charge is 0.314 e. The predicted octanol–water partition coefficient (Wildman–Crippen LogP) is 2.08. The normalized spacial score (nSPS) is 36.2. The Morgan fingerprint density at radius 2 is 1.68 bits per heavy atom. The van der Waals surface area contributed by atoms with E-state index in [1.54, 1.807) is 0 Å². The lowest BCUT2D eigenvalue weighted by atomic mass is 9.97. The van der Waals surface area contributed by atoms with Crippen LogP contribution >= 0.6 is 0 Å². The predicted molar refractivity (Wildman–Crippen MR) is 80.5 cm³/mol. The second-order valence-electron chi connectivity index (χ2n) is 6.79. The van der Waals surface area contributed by atoms with Crippen molar-refractivity contribution in [3.8, 4) is 0 Å². The average Bonchev–Trinajstić information content (AvgIpc) is 3.01. The van der Waals surface area contributed by atoms with Crippen LogP contribution in [-0.2, 0) is 0 Å². The molecule has 0 saturated carbocycles. The Hall–Kier alpha value is -0.120. The Bertz CT molecular complexity index is 261. The molecule has 3 rings (SSSR count). The van der Waals surface area contributed by atoms with Crippen molar-refractivity contribution < 1.29 is 0 Å². The third-order valence-electron chi connectivity index (χ3n) is 5.44. The summed E-state index contributed by atoms with van der Waals surface area (Å²) in [6.07, 6.45) is 9.83. The standard InChI is InChI=1S/C16H31N3/c1-2-7-17-14-12-15-5-6-16(13-14)19(15)11-10-18-8-3-4-9-18/h14-17H,2-13H2,1H3. The molecule has 110 valence electrons. The molecule has 3 heteroatoms. The van der Waals surface area contributed by atoms with Crippen molar-refractivity contribution in [3.05, 3.63) is 0 Å². The van der Waals surface area contributed by atoms with Crippen molar-refractivity contribution in [1.29, 1.82) is 0 Å². The molecule has 0 spiro atoms. The molecule has 0 amide bonds. The highest BCUT2D eigenvalue weighted by Crippen LogP contribution is 2.35. The van der Waals surface area contributed by atoms with Gasteiger partial charge in [-0.05, 0) is 64.6 Å². The lowest BCUT2D eigenvalue weighted by molar-refractivity contribution is 0.104. The van der Waals surface area contributed by atoms with E-state index in [0.29, 0.717) is 0 Å². The van der Waals surface area contributed by atoms with Crippen molar-refractivity contribution in [2.24, 2.45) is 0 Å². The number of piperidine rings is 1. The van der Waals surface area contributed by atoms with Crippen molar-refractivity contribution in [3.63, 3.8) is 0 Å². The first-order chi connectivity index (χ1) is 9.36. The molecule has 1 N–H and O–H groups in total. The van der Waals surface area contributed by atoms with Gasteiger partial charge >= 0.3 is 0 Å². The van der Waals surface area contributed by atoms with Crippen LogP contribution in [0.1, 0.15) is 51.9 Å². The molecule has 19 heavy (non-hydrogen) atoms. The van der Waals surface area contributed by atoms with E-state index >= 15 is 0 Å². The van der Waals surface area contributed by atoms with Crippen molar-refractivity contribution >= 4 is 0 Å². The molecule has 2 unspecified atom stereocenters. The van der Waals surface area contributed by atoms with E-state index in [1.807, 2.05) is 0 Å². The van der Waals surface area contributed by atoms with Crippen LogP contribution in [-0.4, -0.2) is 60.6 Å². The van der Waals surface area contributed by atoms with Crippen molar-refractivity contribution in [2.45, 2.75) is 70.0 Å². The molecule has 0 aromatic carbocycles. The van der Waals surface area contributed by atoms with Gasteiger partial charge in [-0.25, -0.2) is 0 Å².